The molecule has 0 atom stereocenters. The van der Waals surface area contributed by atoms with E-state index in [4.69, 9.17) is 5.26 Å². The number of rotatable bonds is 6. The first kappa shape index (κ1) is 15.0. The zero-order valence-electron chi connectivity index (χ0n) is 11.4. The third-order valence-electron chi connectivity index (χ3n) is 3.79. The summed E-state index contributed by atoms with van der Waals surface area (Å²) in [6.45, 7) is 5.52. The summed E-state index contributed by atoms with van der Waals surface area (Å²) in [5, 5.41) is 9.82. The molecule has 0 heterocycles. The minimum atomic E-state index is 0.322. The number of anilines is 1. The Morgan fingerprint density at radius 2 is 1.78 bits per heavy atom. The molecular weight excluding hydrogens is 288 g/mol. The van der Waals surface area contributed by atoms with Gasteiger partial charge in [0, 0.05) is 24.6 Å². The maximum atomic E-state index is 8.80. The minimum absolute atomic E-state index is 0.322. The van der Waals surface area contributed by atoms with Crippen LogP contribution in [0.25, 0.3) is 0 Å². The lowest BCUT2D eigenvalue weighted by Crippen LogP contribution is -2.36. The highest BCUT2D eigenvalue weighted by Crippen LogP contribution is 2.31. The van der Waals surface area contributed by atoms with Crippen LogP contribution >= 0.6 is 15.9 Å². The topological polar surface area (TPSA) is 27.0 Å². The van der Waals surface area contributed by atoms with E-state index in [1.54, 1.807) is 0 Å². The van der Waals surface area contributed by atoms with Crippen LogP contribution in [0.15, 0.2) is 24.3 Å². The van der Waals surface area contributed by atoms with E-state index in [-0.39, 0.29) is 0 Å². The molecule has 18 heavy (non-hydrogen) atoms. The number of benzene rings is 1. The average Bonchev–Trinajstić information content (AvgIpc) is 2.45. The number of nitriles is 1. The molecule has 98 valence electrons. The van der Waals surface area contributed by atoms with Crippen LogP contribution in [0.5, 0.6) is 0 Å². The van der Waals surface area contributed by atoms with Crippen LogP contribution in [0.4, 0.5) is 5.69 Å². The van der Waals surface area contributed by atoms with Crippen molar-refractivity contribution in [2.24, 2.45) is 5.41 Å². The fourth-order valence-corrected chi connectivity index (χ4v) is 3.06. The highest BCUT2D eigenvalue weighted by molar-refractivity contribution is 9.09. The molecule has 0 aromatic heterocycles. The fourth-order valence-electron chi connectivity index (χ4n) is 2.09. The first-order valence-corrected chi connectivity index (χ1v) is 7.50. The quantitative estimate of drug-likeness (QED) is 0.737. The van der Waals surface area contributed by atoms with Gasteiger partial charge in [0.25, 0.3) is 0 Å². The molecular formula is C15H21BrN2. The number of nitrogens with zero attached hydrogens (tertiary/aromatic N) is 2. The summed E-state index contributed by atoms with van der Waals surface area (Å²) in [5.41, 5.74) is 2.20. The molecule has 0 radical (unpaired) electrons. The summed E-state index contributed by atoms with van der Waals surface area (Å²) in [5.74, 6) is 0. The lowest BCUT2D eigenvalue weighted by molar-refractivity contribution is 0.316. The summed E-state index contributed by atoms with van der Waals surface area (Å²) >= 11 is 3.65. The van der Waals surface area contributed by atoms with Gasteiger partial charge in [-0.05, 0) is 42.5 Å². The maximum Gasteiger partial charge on any atom is 0.0991 e. The van der Waals surface area contributed by atoms with Crippen molar-refractivity contribution in [2.75, 3.05) is 23.8 Å². The molecule has 0 aliphatic carbocycles. The van der Waals surface area contributed by atoms with Crippen molar-refractivity contribution >= 4 is 21.6 Å². The molecule has 0 unspecified atom stereocenters. The Balaban J connectivity index is 2.80. The van der Waals surface area contributed by atoms with E-state index < -0.39 is 0 Å². The zero-order valence-corrected chi connectivity index (χ0v) is 13.0. The van der Waals surface area contributed by atoms with Crippen molar-refractivity contribution in [3.63, 3.8) is 0 Å². The van der Waals surface area contributed by atoms with Crippen LogP contribution in [0.3, 0.4) is 0 Å². The van der Waals surface area contributed by atoms with E-state index in [1.165, 1.54) is 5.69 Å². The predicted octanol–water partition coefficient (Wildman–Crippen LogP) is 4.20. The second-order valence-corrected chi connectivity index (χ2v) is 5.42. The molecule has 0 spiro atoms. The van der Waals surface area contributed by atoms with Crippen molar-refractivity contribution in [1.29, 1.82) is 5.26 Å². The molecule has 3 heteroatoms. The zero-order chi connectivity index (χ0) is 13.6. The lowest BCUT2D eigenvalue weighted by atomic mass is 9.84. The summed E-state index contributed by atoms with van der Waals surface area (Å²) in [6, 6.07) is 9.93. The van der Waals surface area contributed by atoms with E-state index in [9.17, 15) is 0 Å². The van der Waals surface area contributed by atoms with Gasteiger partial charge >= 0.3 is 0 Å². The molecule has 0 aliphatic heterocycles. The SMILES string of the molecule is CCC(CC)(CBr)CN(C)c1ccc(C#N)cc1. The van der Waals surface area contributed by atoms with Crippen molar-refractivity contribution in [3.8, 4) is 6.07 Å². The summed E-state index contributed by atoms with van der Waals surface area (Å²) in [7, 11) is 2.12. The second kappa shape index (κ2) is 6.80. The van der Waals surface area contributed by atoms with E-state index >= 15 is 0 Å². The Morgan fingerprint density at radius 1 is 1.22 bits per heavy atom. The number of halogens is 1. The minimum Gasteiger partial charge on any atom is -0.374 e. The van der Waals surface area contributed by atoms with Crippen LogP contribution in [-0.4, -0.2) is 18.9 Å². The third kappa shape index (κ3) is 3.49. The first-order valence-electron chi connectivity index (χ1n) is 6.38. The number of alkyl halides is 1. The van der Waals surface area contributed by atoms with Gasteiger partial charge in [0.05, 0.1) is 11.6 Å². The average molecular weight is 309 g/mol. The number of hydrogen-bond donors (Lipinski definition) is 0. The van der Waals surface area contributed by atoms with E-state index in [2.05, 4.69) is 47.8 Å². The Kier molecular flexibility index (Phi) is 5.68. The molecule has 1 aromatic rings. The monoisotopic (exact) mass is 308 g/mol. The molecule has 0 aliphatic rings. The summed E-state index contributed by atoms with van der Waals surface area (Å²) in [6.07, 6.45) is 2.32. The van der Waals surface area contributed by atoms with Gasteiger partial charge in [0.1, 0.15) is 0 Å². The Bertz CT molecular complexity index is 393. The normalized spacial score (nSPS) is 11.1. The van der Waals surface area contributed by atoms with Crippen molar-refractivity contribution < 1.29 is 0 Å². The van der Waals surface area contributed by atoms with E-state index in [0.717, 1.165) is 24.7 Å². The largest absolute Gasteiger partial charge is 0.374 e. The predicted molar refractivity (Wildman–Crippen MR) is 81.2 cm³/mol. The Labute approximate surface area is 119 Å². The van der Waals surface area contributed by atoms with E-state index in [0.29, 0.717) is 11.0 Å². The van der Waals surface area contributed by atoms with Crippen LogP contribution in [0.1, 0.15) is 32.3 Å². The molecule has 1 rings (SSSR count). The maximum absolute atomic E-state index is 8.80. The lowest BCUT2D eigenvalue weighted by Gasteiger charge is -2.35. The van der Waals surface area contributed by atoms with Gasteiger partial charge < -0.3 is 4.90 Å². The molecule has 0 amide bonds. The molecule has 2 nitrogen and oxygen atoms in total. The first-order chi connectivity index (χ1) is 8.60. The fraction of sp³-hybridized carbons (Fsp3) is 0.533. The van der Waals surface area contributed by atoms with Gasteiger partial charge in [0.15, 0.2) is 0 Å². The smallest absolute Gasteiger partial charge is 0.0991 e. The molecule has 1 aromatic carbocycles. The van der Waals surface area contributed by atoms with Crippen molar-refractivity contribution in [2.45, 2.75) is 26.7 Å². The van der Waals surface area contributed by atoms with Gasteiger partial charge in [-0.2, -0.15) is 5.26 Å². The molecule has 0 saturated heterocycles. The van der Waals surface area contributed by atoms with Crippen LogP contribution < -0.4 is 4.90 Å². The van der Waals surface area contributed by atoms with Gasteiger partial charge in [-0.15, -0.1) is 0 Å². The van der Waals surface area contributed by atoms with Gasteiger partial charge in [-0.3, -0.25) is 0 Å². The highest BCUT2D eigenvalue weighted by atomic mass is 79.9. The molecule has 0 fully saturated rings. The molecule has 0 saturated carbocycles. The Morgan fingerprint density at radius 3 is 2.17 bits per heavy atom. The van der Waals surface area contributed by atoms with Gasteiger partial charge in [0.2, 0.25) is 0 Å². The van der Waals surface area contributed by atoms with Crippen LogP contribution in [-0.2, 0) is 0 Å². The summed E-state index contributed by atoms with van der Waals surface area (Å²) in [4.78, 5) is 2.27. The van der Waals surface area contributed by atoms with E-state index in [1.807, 2.05) is 24.3 Å². The third-order valence-corrected chi connectivity index (χ3v) is 4.98. The van der Waals surface area contributed by atoms with Gasteiger partial charge in [-0.25, -0.2) is 0 Å². The second-order valence-electron chi connectivity index (χ2n) is 4.86. The van der Waals surface area contributed by atoms with Crippen molar-refractivity contribution in [1.82, 2.24) is 0 Å². The van der Waals surface area contributed by atoms with Crippen LogP contribution in [0, 0.1) is 16.7 Å². The molecule has 0 bridgehead atoms. The molecule has 0 N–H and O–H groups in total. The summed E-state index contributed by atoms with van der Waals surface area (Å²) < 4.78 is 0. The van der Waals surface area contributed by atoms with Crippen molar-refractivity contribution in [3.05, 3.63) is 29.8 Å². The number of hydrogen-bond acceptors (Lipinski definition) is 2. The Hall–Kier alpha value is -1.01. The standard InChI is InChI=1S/C15H21BrN2/c1-4-15(5-2,11-16)12-18(3)14-8-6-13(10-17)7-9-14/h6-9H,4-5,11-12H2,1-3H3. The van der Waals surface area contributed by atoms with Gasteiger partial charge in [-0.1, -0.05) is 29.8 Å². The van der Waals surface area contributed by atoms with Crippen LogP contribution in [0.2, 0.25) is 0 Å². The highest BCUT2D eigenvalue weighted by Gasteiger charge is 2.26.